The van der Waals surface area contributed by atoms with E-state index in [-0.39, 0.29) is 22.0 Å². The Bertz CT molecular complexity index is 680. The van der Waals surface area contributed by atoms with E-state index in [1.807, 2.05) is 0 Å². The number of carbonyl (C=O) groups is 1. The molecule has 0 fully saturated rings. The number of benzene rings is 2. The lowest BCUT2D eigenvalue weighted by atomic mass is 10.0. The monoisotopic (exact) mass is 360 g/mol. The third-order valence-corrected chi connectivity index (χ3v) is 3.59. The van der Waals surface area contributed by atoms with Crippen molar-refractivity contribution in [1.29, 1.82) is 0 Å². The van der Waals surface area contributed by atoms with Crippen LogP contribution < -0.4 is 0 Å². The fraction of sp³-hybridized carbons (Fsp3) is 0.133. The molecule has 0 atom stereocenters. The predicted octanol–water partition coefficient (Wildman–Crippen LogP) is 5.03. The first-order valence-electron chi connectivity index (χ1n) is 5.92. The third-order valence-electron chi connectivity index (χ3n) is 2.90. The van der Waals surface area contributed by atoms with Crippen LogP contribution in [0.5, 0.6) is 0 Å². The summed E-state index contributed by atoms with van der Waals surface area (Å²) < 4.78 is 51.7. The van der Waals surface area contributed by atoms with E-state index < -0.39 is 23.3 Å². The van der Waals surface area contributed by atoms with E-state index >= 15 is 0 Å². The lowest BCUT2D eigenvalue weighted by Gasteiger charge is -2.11. The number of halogens is 5. The minimum Gasteiger partial charge on any atom is -0.294 e. The van der Waals surface area contributed by atoms with E-state index in [4.69, 9.17) is 0 Å². The van der Waals surface area contributed by atoms with E-state index in [2.05, 4.69) is 15.9 Å². The lowest BCUT2D eigenvalue weighted by Crippen LogP contribution is -2.10. The highest BCUT2D eigenvalue weighted by molar-refractivity contribution is 9.10. The first kappa shape index (κ1) is 15.7. The topological polar surface area (TPSA) is 17.1 Å². The molecular weight excluding hydrogens is 352 g/mol. The molecular formula is C15H9BrF4O. The Morgan fingerprint density at radius 2 is 1.76 bits per heavy atom. The van der Waals surface area contributed by atoms with Crippen molar-refractivity contribution < 1.29 is 22.4 Å². The molecule has 0 aliphatic rings. The van der Waals surface area contributed by atoms with Crippen LogP contribution >= 0.6 is 15.9 Å². The molecule has 0 aliphatic carbocycles. The highest BCUT2D eigenvalue weighted by atomic mass is 79.9. The van der Waals surface area contributed by atoms with Gasteiger partial charge in [-0.2, -0.15) is 13.2 Å². The van der Waals surface area contributed by atoms with Crippen molar-refractivity contribution in [3.05, 3.63) is 69.4 Å². The summed E-state index contributed by atoms with van der Waals surface area (Å²) in [5.41, 5.74) is -0.880. The molecule has 6 heteroatoms. The van der Waals surface area contributed by atoms with Gasteiger partial charge in [0.05, 0.1) is 5.56 Å². The highest BCUT2D eigenvalue weighted by Crippen LogP contribution is 2.35. The van der Waals surface area contributed by atoms with Crippen LogP contribution in [-0.2, 0) is 12.6 Å². The summed E-state index contributed by atoms with van der Waals surface area (Å²) in [5.74, 6) is -1.13. The number of alkyl halides is 3. The Morgan fingerprint density at radius 1 is 1.10 bits per heavy atom. The Morgan fingerprint density at radius 3 is 2.38 bits per heavy atom. The van der Waals surface area contributed by atoms with Gasteiger partial charge in [0, 0.05) is 16.5 Å². The van der Waals surface area contributed by atoms with E-state index in [1.54, 1.807) is 6.07 Å². The minimum atomic E-state index is -4.56. The zero-order valence-electron chi connectivity index (χ0n) is 10.5. The van der Waals surface area contributed by atoms with E-state index in [9.17, 15) is 22.4 Å². The van der Waals surface area contributed by atoms with Crippen LogP contribution in [0.25, 0.3) is 0 Å². The zero-order valence-corrected chi connectivity index (χ0v) is 12.1. The summed E-state index contributed by atoms with van der Waals surface area (Å²) in [7, 11) is 0. The average Bonchev–Trinajstić information content (AvgIpc) is 2.40. The molecule has 0 saturated carbocycles. The molecule has 2 aromatic carbocycles. The van der Waals surface area contributed by atoms with Crippen molar-refractivity contribution in [2.45, 2.75) is 12.6 Å². The SMILES string of the molecule is O=C(Cc1ccccc1F)c1ccc(Br)c(C(F)(F)F)c1. The van der Waals surface area contributed by atoms with Crippen LogP contribution in [0.4, 0.5) is 17.6 Å². The summed E-state index contributed by atoms with van der Waals surface area (Å²) in [6.45, 7) is 0. The van der Waals surface area contributed by atoms with Gasteiger partial charge < -0.3 is 0 Å². The Labute approximate surface area is 126 Å². The van der Waals surface area contributed by atoms with E-state index in [0.717, 1.165) is 12.1 Å². The van der Waals surface area contributed by atoms with Crippen molar-refractivity contribution in [1.82, 2.24) is 0 Å². The van der Waals surface area contributed by atoms with Crippen LogP contribution in [0.15, 0.2) is 46.9 Å². The van der Waals surface area contributed by atoms with Gasteiger partial charge >= 0.3 is 6.18 Å². The van der Waals surface area contributed by atoms with Gasteiger partial charge in [0.15, 0.2) is 5.78 Å². The Hall–Kier alpha value is -1.69. The molecule has 0 N–H and O–H groups in total. The van der Waals surface area contributed by atoms with Crippen molar-refractivity contribution in [3.63, 3.8) is 0 Å². The molecule has 0 bridgehead atoms. The number of rotatable bonds is 3. The maximum Gasteiger partial charge on any atom is 0.417 e. The lowest BCUT2D eigenvalue weighted by molar-refractivity contribution is -0.138. The largest absolute Gasteiger partial charge is 0.417 e. The van der Waals surface area contributed by atoms with Gasteiger partial charge in [-0.3, -0.25) is 4.79 Å². The molecule has 2 aromatic rings. The van der Waals surface area contributed by atoms with E-state index in [0.29, 0.717) is 0 Å². The molecule has 0 amide bonds. The van der Waals surface area contributed by atoms with Crippen LogP contribution in [0.1, 0.15) is 21.5 Å². The van der Waals surface area contributed by atoms with Crippen LogP contribution in [0, 0.1) is 5.82 Å². The second-order valence-electron chi connectivity index (χ2n) is 4.38. The first-order valence-corrected chi connectivity index (χ1v) is 6.71. The standard InChI is InChI=1S/C15H9BrF4O/c16-12-6-5-10(7-11(12)15(18,19)20)14(21)8-9-3-1-2-4-13(9)17/h1-7H,8H2. The van der Waals surface area contributed by atoms with E-state index in [1.165, 1.54) is 24.3 Å². The normalized spacial score (nSPS) is 11.5. The van der Waals surface area contributed by atoms with Crippen molar-refractivity contribution >= 4 is 21.7 Å². The summed E-state index contributed by atoms with van der Waals surface area (Å²) in [6.07, 6.45) is -4.85. The first-order chi connectivity index (χ1) is 9.79. The van der Waals surface area contributed by atoms with Gasteiger partial charge in [-0.1, -0.05) is 40.2 Å². The predicted molar refractivity (Wildman–Crippen MR) is 73.6 cm³/mol. The second kappa shape index (κ2) is 5.97. The van der Waals surface area contributed by atoms with Gasteiger partial charge in [-0.15, -0.1) is 0 Å². The molecule has 1 nitrogen and oxygen atoms in total. The fourth-order valence-corrected chi connectivity index (χ4v) is 2.30. The van der Waals surface area contributed by atoms with Gasteiger partial charge in [0.25, 0.3) is 0 Å². The molecule has 0 saturated heterocycles. The smallest absolute Gasteiger partial charge is 0.294 e. The molecule has 0 spiro atoms. The van der Waals surface area contributed by atoms with Crippen LogP contribution in [0.2, 0.25) is 0 Å². The highest BCUT2D eigenvalue weighted by Gasteiger charge is 2.33. The summed E-state index contributed by atoms with van der Waals surface area (Å²) >= 11 is 2.80. The summed E-state index contributed by atoms with van der Waals surface area (Å²) in [6, 6.07) is 8.88. The molecule has 2 rings (SSSR count). The van der Waals surface area contributed by atoms with Gasteiger partial charge in [-0.25, -0.2) is 4.39 Å². The van der Waals surface area contributed by atoms with Crippen LogP contribution in [-0.4, -0.2) is 5.78 Å². The molecule has 0 aromatic heterocycles. The van der Waals surface area contributed by atoms with Crippen LogP contribution in [0.3, 0.4) is 0 Å². The number of Topliss-reactive ketones (excluding diaryl/α,β-unsaturated/α-hetero) is 1. The summed E-state index contributed by atoms with van der Waals surface area (Å²) in [5, 5.41) is 0. The molecule has 21 heavy (non-hydrogen) atoms. The maximum atomic E-state index is 13.5. The zero-order chi connectivity index (χ0) is 15.6. The number of carbonyl (C=O) groups excluding carboxylic acids is 1. The number of ketones is 1. The Balaban J connectivity index is 2.31. The van der Waals surface area contributed by atoms with Crippen molar-refractivity contribution in [3.8, 4) is 0 Å². The maximum absolute atomic E-state index is 13.5. The second-order valence-corrected chi connectivity index (χ2v) is 5.24. The molecule has 0 radical (unpaired) electrons. The van der Waals surface area contributed by atoms with Crippen molar-refractivity contribution in [2.24, 2.45) is 0 Å². The Kier molecular flexibility index (Phi) is 4.46. The number of hydrogen-bond acceptors (Lipinski definition) is 1. The number of hydrogen-bond donors (Lipinski definition) is 0. The third kappa shape index (κ3) is 3.69. The molecule has 0 aliphatic heterocycles. The fourth-order valence-electron chi connectivity index (χ4n) is 1.83. The van der Waals surface area contributed by atoms with Gasteiger partial charge in [0.2, 0.25) is 0 Å². The average molecular weight is 361 g/mol. The molecule has 0 heterocycles. The minimum absolute atomic E-state index is 0.103. The van der Waals surface area contributed by atoms with Crippen molar-refractivity contribution in [2.75, 3.05) is 0 Å². The molecule has 0 unspecified atom stereocenters. The quantitative estimate of drug-likeness (QED) is 0.554. The van der Waals surface area contributed by atoms with Gasteiger partial charge in [-0.05, 0) is 23.8 Å². The van der Waals surface area contributed by atoms with Gasteiger partial charge in [0.1, 0.15) is 5.82 Å². The molecule has 110 valence electrons. The summed E-state index contributed by atoms with van der Waals surface area (Å²) in [4.78, 5) is 12.0.